The largest absolute Gasteiger partial charge is 0.341 e. The molecule has 0 saturated carbocycles. The van der Waals surface area contributed by atoms with Gasteiger partial charge in [0.15, 0.2) is 0 Å². The molecule has 0 bridgehead atoms. The Balaban J connectivity index is 1.58. The second-order valence-electron chi connectivity index (χ2n) is 8.06. The zero-order valence-corrected chi connectivity index (χ0v) is 19.9. The van der Waals surface area contributed by atoms with E-state index in [0.29, 0.717) is 13.1 Å². The van der Waals surface area contributed by atoms with Crippen LogP contribution in [-0.4, -0.2) is 59.5 Å². The second-order valence-corrected chi connectivity index (χ2v) is 10.6. The molecular formula is C22H24N4O5S2. The first-order chi connectivity index (χ1) is 15.6. The van der Waals surface area contributed by atoms with Crippen LogP contribution in [-0.2, 0) is 19.6 Å². The summed E-state index contributed by atoms with van der Waals surface area (Å²) in [6.45, 7) is 4.84. The van der Waals surface area contributed by atoms with Crippen molar-refractivity contribution in [2.75, 3.05) is 19.6 Å². The number of carbonyl (C=O) groups is 3. The number of aryl methyl sites for hydroxylation is 1. The molecule has 0 spiro atoms. The number of likely N-dealkylation sites (tertiary alicyclic amines) is 1. The molecule has 2 aliphatic heterocycles. The van der Waals surface area contributed by atoms with E-state index in [1.165, 1.54) is 12.1 Å². The summed E-state index contributed by atoms with van der Waals surface area (Å²) >= 11 is 0.823. The highest BCUT2D eigenvalue weighted by Gasteiger charge is 2.37. The predicted molar refractivity (Wildman–Crippen MR) is 125 cm³/mol. The Kier molecular flexibility index (Phi) is 6.21. The quantitative estimate of drug-likeness (QED) is 0.645. The number of nitrogens with two attached hydrogens (primary N) is 1. The summed E-state index contributed by atoms with van der Waals surface area (Å²) < 4.78 is 24.9. The van der Waals surface area contributed by atoms with Crippen LogP contribution in [0.15, 0.2) is 40.1 Å². The van der Waals surface area contributed by atoms with Crippen molar-refractivity contribution in [2.45, 2.75) is 31.6 Å². The number of benzene rings is 1. The van der Waals surface area contributed by atoms with Gasteiger partial charge in [-0.1, -0.05) is 0 Å². The lowest BCUT2D eigenvalue weighted by atomic mass is 10.2. The predicted octanol–water partition coefficient (Wildman–Crippen LogP) is 2.40. The minimum atomic E-state index is -3.79. The molecule has 1 aromatic carbocycles. The van der Waals surface area contributed by atoms with Crippen LogP contribution in [0.2, 0.25) is 0 Å². The van der Waals surface area contributed by atoms with E-state index in [1.807, 2.05) is 24.5 Å². The fourth-order valence-electron chi connectivity index (χ4n) is 4.10. The lowest BCUT2D eigenvalue weighted by molar-refractivity contribution is -0.135. The molecule has 1 aromatic heterocycles. The minimum absolute atomic E-state index is 0.0195. The summed E-state index contributed by atoms with van der Waals surface area (Å²) in [5.41, 5.74) is 3.17. The molecule has 2 N–H and O–H groups in total. The maximum Gasteiger partial charge on any atom is 0.294 e. The Morgan fingerprint density at radius 2 is 1.76 bits per heavy atom. The van der Waals surface area contributed by atoms with Crippen molar-refractivity contribution in [1.82, 2.24) is 14.4 Å². The number of primary sulfonamides is 1. The zero-order chi connectivity index (χ0) is 23.9. The van der Waals surface area contributed by atoms with Gasteiger partial charge in [0, 0.05) is 30.2 Å². The second kappa shape index (κ2) is 8.81. The standard InChI is InChI=1S/C22H24N4O5S2/c1-14-11-16(15(2)26(14)17-5-7-18(8-6-17)33(23,30)31)12-19-21(28)25(22(29)32-19)13-20(27)24-9-3-4-10-24/h5-8,11-12H,3-4,9-10,13H2,1-2H3,(H2,23,30,31). The molecule has 4 rings (SSSR count). The molecule has 2 fully saturated rings. The van der Waals surface area contributed by atoms with Crippen LogP contribution in [0.25, 0.3) is 11.8 Å². The summed E-state index contributed by atoms with van der Waals surface area (Å²) in [6, 6.07) is 8.06. The molecule has 11 heteroatoms. The van der Waals surface area contributed by atoms with Crippen LogP contribution < -0.4 is 5.14 Å². The highest BCUT2D eigenvalue weighted by atomic mass is 32.2. The van der Waals surface area contributed by atoms with E-state index >= 15 is 0 Å². The molecule has 9 nitrogen and oxygen atoms in total. The van der Waals surface area contributed by atoms with E-state index < -0.39 is 21.2 Å². The van der Waals surface area contributed by atoms with Gasteiger partial charge in [0.1, 0.15) is 6.54 Å². The lowest BCUT2D eigenvalue weighted by Crippen LogP contribution is -2.40. The Bertz CT molecular complexity index is 1270. The average molecular weight is 489 g/mol. The Morgan fingerprint density at radius 3 is 2.36 bits per heavy atom. The average Bonchev–Trinajstić information content (AvgIpc) is 3.44. The fraction of sp³-hybridized carbons (Fsp3) is 0.318. The van der Waals surface area contributed by atoms with Gasteiger partial charge >= 0.3 is 0 Å². The number of aromatic nitrogens is 1. The summed E-state index contributed by atoms with van der Waals surface area (Å²) in [5, 5.41) is 4.72. The Morgan fingerprint density at radius 1 is 1.12 bits per heavy atom. The van der Waals surface area contributed by atoms with E-state index in [9.17, 15) is 22.8 Å². The monoisotopic (exact) mass is 488 g/mol. The van der Waals surface area contributed by atoms with E-state index in [-0.39, 0.29) is 22.3 Å². The van der Waals surface area contributed by atoms with E-state index in [2.05, 4.69) is 0 Å². The summed E-state index contributed by atoms with van der Waals surface area (Å²) in [5.74, 6) is -0.683. The number of sulfonamides is 1. The van der Waals surface area contributed by atoms with Crippen LogP contribution in [0, 0.1) is 13.8 Å². The van der Waals surface area contributed by atoms with Crippen molar-refractivity contribution in [1.29, 1.82) is 0 Å². The third-order valence-corrected chi connectivity index (χ3v) is 7.64. The SMILES string of the molecule is Cc1cc(C=C2SC(=O)N(CC(=O)N3CCCC3)C2=O)c(C)n1-c1ccc(S(N)(=O)=O)cc1. The molecule has 0 radical (unpaired) electrons. The summed E-state index contributed by atoms with van der Waals surface area (Å²) in [6.07, 6.45) is 3.53. The third-order valence-electron chi connectivity index (χ3n) is 5.81. The highest BCUT2D eigenvalue weighted by molar-refractivity contribution is 8.18. The molecule has 3 amide bonds. The van der Waals surface area contributed by atoms with Gasteiger partial charge in [-0.3, -0.25) is 19.3 Å². The molecule has 2 aromatic rings. The van der Waals surface area contributed by atoms with Crippen molar-refractivity contribution in [3.63, 3.8) is 0 Å². The lowest BCUT2D eigenvalue weighted by Gasteiger charge is -2.18. The first kappa shape index (κ1) is 23.3. The smallest absolute Gasteiger partial charge is 0.294 e. The summed E-state index contributed by atoms with van der Waals surface area (Å²) in [4.78, 5) is 40.6. The molecular weight excluding hydrogens is 464 g/mol. The first-order valence-corrected chi connectivity index (χ1v) is 12.8. The van der Waals surface area contributed by atoms with Gasteiger partial charge in [0.25, 0.3) is 11.1 Å². The van der Waals surface area contributed by atoms with Gasteiger partial charge in [-0.15, -0.1) is 0 Å². The molecule has 174 valence electrons. The van der Waals surface area contributed by atoms with Crippen molar-refractivity contribution in [2.24, 2.45) is 5.14 Å². The molecule has 0 unspecified atom stereocenters. The molecule has 0 aliphatic carbocycles. The van der Waals surface area contributed by atoms with Gasteiger partial charge in [0.2, 0.25) is 15.9 Å². The van der Waals surface area contributed by atoms with E-state index in [0.717, 1.165) is 52.1 Å². The molecule has 0 atom stereocenters. The van der Waals surface area contributed by atoms with Crippen LogP contribution >= 0.6 is 11.8 Å². The minimum Gasteiger partial charge on any atom is -0.341 e. The van der Waals surface area contributed by atoms with Gasteiger partial charge in [-0.05, 0) is 80.4 Å². The van der Waals surface area contributed by atoms with Gasteiger partial charge in [-0.2, -0.15) is 0 Å². The van der Waals surface area contributed by atoms with Crippen LogP contribution in [0.5, 0.6) is 0 Å². The van der Waals surface area contributed by atoms with Crippen molar-refractivity contribution < 1.29 is 22.8 Å². The first-order valence-electron chi connectivity index (χ1n) is 10.4. The Hall–Kier alpha value is -2.89. The Labute approximate surface area is 196 Å². The van der Waals surface area contributed by atoms with Crippen molar-refractivity contribution in [3.05, 3.63) is 52.2 Å². The van der Waals surface area contributed by atoms with Crippen LogP contribution in [0.1, 0.15) is 29.8 Å². The number of amides is 3. The molecule has 2 saturated heterocycles. The topological polar surface area (TPSA) is 123 Å². The molecule has 33 heavy (non-hydrogen) atoms. The van der Waals surface area contributed by atoms with Gasteiger partial charge in [0.05, 0.1) is 9.80 Å². The maximum absolute atomic E-state index is 12.8. The number of thioether (sulfide) groups is 1. The normalized spacial score (nSPS) is 18.1. The third kappa shape index (κ3) is 4.61. The van der Waals surface area contributed by atoms with Crippen molar-refractivity contribution in [3.8, 4) is 5.69 Å². The van der Waals surface area contributed by atoms with E-state index in [1.54, 1.807) is 23.1 Å². The van der Waals surface area contributed by atoms with Crippen molar-refractivity contribution >= 4 is 44.9 Å². The highest BCUT2D eigenvalue weighted by Crippen LogP contribution is 2.34. The van der Waals surface area contributed by atoms with Gasteiger partial charge < -0.3 is 9.47 Å². The molecule has 3 heterocycles. The van der Waals surface area contributed by atoms with Crippen LogP contribution in [0.4, 0.5) is 4.79 Å². The number of carbonyl (C=O) groups excluding carboxylic acids is 3. The van der Waals surface area contributed by atoms with Crippen LogP contribution in [0.3, 0.4) is 0 Å². The number of hydrogen-bond acceptors (Lipinski definition) is 6. The fourth-order valence-corrected chi connectivity index (χ4v) is 5.44. The number of nitrogens with zero attached hydrogens (tertiary/aromatic N) is 3. The van der Waals surface area contributed by atoms with Gasteiger partial charge in [-0.25, -0.2) is 13.6 Å². The number of imide groups is 1. The zero-order valence-electron chi connectivity index (χ0n) is 18.3. The maximum atomic E-state index is 12.8. The molecule has 2 aliphatic rings. The van der Waals surface area contributed by atoms with E-state index in [4.69, 9.17) is 5.14 Å². The number of rotatable bonds is 5. The summed E-state index contributed by atoms with van der Waals surface area (Å²) in [7, 11) is -3.79. The number of hydrogen-bond donors (Lipinski definition) is 1.